The lowest BCUT2D eigenvalue weighted by atomic mass is 9.43. The Labute approximate surface area is 193 Å². The highest BCUT2D eigenvalue weighted by Crippen LogP contribution is 2.66. The van der Waals surface area contributed by atoms with E-state index in [9.17, 15) is 14.7 Å². The van der Waals surface area contributed by atoms with E-state index in [1.165, 1.54) is 0 Å². The quantitative estimate of drug-likeness (QED) is 0.699. The largest absolute Gasteiger partial charge is 0.391 e. The summed E-state index contributed by atoms with van der Waals surface area (Å²) in [5.74, 6) is 2.15. The molecule has 0 spiro atoms. The number of fused-ring (bicyclic) bond motifs is 5. The summed E-state index contributed by atoms with van der Waals surface area (Å²) in [6.45, 7) is 13.0. The lowest BCUT2D eigenvalue weighted by Gasteiger charge is -2.62. The summed E-state index contributed by atoms with van der Waals surface area (Å²) in [6, 6.07) is 0.104. The van der Waals surface area contributed by atoms with E-state index >= 15 is 0 Å². The Morgan fingerprint density at radius 1 is 1.09 bits per heavy atom. The molecule has 1 heterocycles. The summed E-state index contributed by atoms with van der Waals surface area (Å²) >= 11 is 0. The van der Waals surface area contributed by atoms with Gasteiger partial charge < -0.3 is 9.84 Å². The standard InChI is InChI=1S/C27H43NO4/c1-16(29)19-8-9-20-18-7-6-17-12-22(30)21(28-10-11-32-25(2,3)15-28)13-26(17,4)24(18)23(31)14-27(19,20)5/h17-22,24,30H,6-15H2,1-5H3/t17-,18?,19?,20?,21-,22-,24?,26-,27+/m0/s1. The maximum absolute atomic E-state index is 13.9. The SMILES string of the molecule is CC(=O)C1CCC2C3CC[C@H]4C[C@H](O)[C@@H](N5CCOC(C)(C)C5)C[C@]4(C)C3C(=O)C[C@]12C. The number of nitrogens with zero attached hydrogens (tertiary/aromatic N) is 1. The number of rotatable bonds is 2. The first-order valence-electron chi connectivity index (χ1n) is 13.1. The molecule has 5 aliphatic rings. The Balaban J connectivity index is 1.44. The molecular weight excluding hydrogens is 402 g/mol. The van der Waals surface area contributed by atoms with Crippen molar-refractivity contribution >= 4 is 11.6 Å². The van der Waals surface area contributed by atoms with E-state index in [-0.39, 0.29) is 46.2 Å². The molecule has 0 aromatic rings. The minimum atomic E-state index is -0.323. The van der Waals surface area contributed by atoms with Crippen molar-refractivity contribution in [1.29, 1.82) is 0 Å². The van der Waals surface area contributed by atoms with E-state index in [1.54, 1.807) is 6.92 Å². The van der Waals surface area contributed by atoms with Gasteiger partial charge in [0.05, 0.1) is 18.3 Å². The number of ketones is 2. The normalized spacial score (nSPS) is 50.9. The predicted octanol–water partition coefficient (Wildman–Crippen LogP) is 3.86. The summed E-state index contributed by atoms with van der Waals surface area (Å²) in [6.07, 6.45) is 6.22. The third-order valence-corrected chi connectivity index (χ3v) is 10.8. The first kappa shape index (κ1) is 23.0. The van der Waals surface area contributed by atoms with Gasteiger partial charge in [-0.1, -0.05) is 13.8 Å². The summed E-state index contributed by atoms with van der Waals surface area (Å²) in [4.78, 5) is 28.7. The zero-order chi connectivity index (χ0) is 23.1. The number of hydrogen-bond acceptors (Lipinski definition) is 5. The molecule has 1 N–H and O–H groups in total. The van der Waals surface area contributed by atoms with Crippen molar-refractivity contribution in [1.82, 2.24) is 4.90 Å². The molecule has 0 radical (unpaired) electrons. The molecule has 0 aromatic carbocycles. The molecule has 5 rings (SSSR count). The Kier molecular flexibility index (Phi) is 5.47. The van der Waals surface area contributed by atoms with Crippen molar-refractivity contribution in [3.05, 3.63) is 0 Å². The minimum Gasteiger partial charge on any atom is -0.391 e. The van der Waals surface area contributed by atoms with Crippen LogP contribution in [-0.2, 0) is 14.3 Å². The van der Waals surface area contributed by atoms with Crippen LogP contribution in [0.3, 0.4) is 0 Å². The van der Waals surface area contributed by atoms with E-state index < -0.39 is 0 Å². The van der Waals surface area contributed by atoms with Crippen molar-refractivity contribution in [2.24, 2.45) is 40.4 Å². The van der Waals surface area contributed by atoms with Crippen molar-refractivity contribution in [3.63, 3.8) is 0 Å². The molecule has 4 aliphatic carbocycles. The summed E-state index contributed by atoms with van der Waals surface area (Å²) in [5.41, 5.74) is -0.393. The highest BCUT2D eigenvalue weighted by Gasteiger charge is 2.64. The summed E-state index contributed by atoms with van der Waals surface area (Å²) < 4.78 is 5.94. The number of Topliss-reactive ketones (excluding diaryl/α,β-unsaturated/α-hetero) is 2. The monoisotopic (exact) mass is 445 g/mol. The first-order valence-corrected chi connectivity index (χ1v) is 13.1. The molecule has 0 amide bonds. The zero-order valence-corrected chi connectivity index (χ0v) is 20.7. The van der Waals surface area contributed by atoms with Crippen LogP contribution in [0.1, 0.15) is 79.6 Å². The molecular formula is C27H43NO4. The van der Waals surface area contributed by atoms with E-state index in [2.05, 4.69) is 32.6 Å². The van der Waals surface area contributed by atoms with Gasteiger partial charge in [-0.2, -0.15) is 0 Å². The number of aliphatic hydroxyl groups excluding tert-OH is 1. The van der Waals surface area contributed by atoms with Crippen LogP contribution in [0.25, 0.3) is 0 Å². The van der Waals surface area contributed by atoms with Crippen LogP contribution in [-0.4, -0.2) is 59.0 Å². The van der Waals surface area contributed by atoms with Gasteiger partial charge in [0.2, 0.25) is 0 Å². The summed E-state index contributed by atoms with van der Waals surface area (Å²) in [5, 5.41) is 11.2. The Bertz CT molecular complexity index is 795. The first-order chi connectivity index (χ1) is 15.0. The second kappa shape index (κ2) is 7.61. The average molecular weight is 446 g/mol. The Morgan fingerprint density at radius 3 is 2.53 bits per heavy atom. The summed E-state index contributed by atoms with van der Waals surface area (Å²) in [7, 11) is 0. The molecule has 4 saturated carbocycles. The third-order valence-electron chi connectivity index (χ3n) is 10.8. The topological polar surface area (TPSA) is 66.8 Å². The van der Waals surface area contributed by atoms with Gasteiger partial charge in [-0.25, -0.2) is 0 Å². The number of carbonyl (C=O) groups excluding carboxylic acids is 2. The molecule has 32 heavy (non-hydrogen) atoms. The third kappa shape index (κ3) is 3.36. The molecule has 4 unspecified atom stereocenters. The molecule has 9 atom stereocenters. The van der Waals surface area contributed by atoms with Gasteiger partial charge in [0.15, 0.2) is 0 Å². The number of ether oxygens (including phenoxy) is 1. The van der Waals surface area contributed by atoms with Gasteiger partial charge in [-0.3, -0.25) is 14.5 Å². The van der Waals surface area contributed by atoms with E-state index in [0.29, 0.717) is 36.6 Å². The smallest absolute Gasteiger partial charge is 0.137 e. The molecule has 5 nitrogen and oxygen atoms in total. The lowest BCUT2D eigenvalue weighted by molar-refractivity contribution is -0.177. The fourth-order valence-electron chi connectivity index (χ4n) is 9.47. The van der Waals surface area contributed by atoms with Gasteiger partial charge in [0.25, 0.3) is 0 Å². The second-order valence-electron chi connectivity index (χ2n) is 13.1. The average Bonchev–Trinajstić information content (AvgIpc) is 3.03. The van der Waals surface area contributed by atoms with E-state index in [0.717, 1.165) is 51.6 Å². The van der Waals surface area contributed by atoms with Crippen molar-refractivity contribution in [2.75, 3.05) is 19.7 Å². The number of morpholine rings is 1. The van der Waals surface area contributed by atoms with E-state index in [4.69, 9.17) is 4.74 Å². The van der Waals surface area contributed by atoms with Gasteiger partial charge in [0.1, 0.15) is 11.6 Å². The fraction of sp³-hybridized carbons (Fsp3) is 0.926. The molecule has 5 heteroatoms. The van der Waals surface area contributed by atoms with Crippen molar-refractivity contribution in [2.45, 2.75) is 97.3 Å². The Morgan fingerprint density at radius 2 is 1.84 bits per heavy atom. The van der Waals surface area contributed by atoms with Crippen LogP contribution in [0.15, 0.2) is 0 Å². The van der Waals surface area contributed by atoms with Crippen LogP contribution < -0.4 is 0 Å². The molecule has 5 fully saturated rings. The van der Waals surface area contributed by atoms with Gasteiger partial charge >= 0.3 is 0 Å². The Hall–Kier alpha value is -0.780. The number of carbonyl (C=O) groups is 2. The maximum atomic E-state index is 13.9. The van der Waals surface area contributed by atoms with Crippen LogP contribution in [0.2, 0.25) is 0 Å². The van der Waals surface area contributed by atoms with Crippen molar-refractivity contribution in [3.8, 4) is 0 Å². The molecule has 0 aromatic heterocycles. The highest BCUT2D eigenvalue weighted by molar-refractivity contribution is 5.87. The number of hydrogen-bond donors (Lipinski definition) is 1. The highest BCUT2D eigenvalue weighted by atomic mass is 16.5. The molecule has 1 saturated heterocycles. The second-order valence-corrected chi connectivity index (χ2v) is 13.1. The molecule has 0 bridgehead atoms. The van der Waals surface area contributed by atoms with Gasteiger partial charge in [-0.05, 0) is 87.9 Å². The van der Waals surface area contributed by atoms with Gasteiger partial charge in [0, 0.05) is 37.4 Å². The maximum Gasteiger partial charge on any atom is 0.137 e. The van der Waals surface area contributed by atoms with Crippen LogP contribution >= 0.6 is 0 Å². The zero-order valence-electron chi connectivity index (χ0n) is 20.7. The number of aliphatic hydroxyl groups is 1. The molecule has 180 valence electrons. The fourth-order valence-corrected chi connectivity index (χ4v) is 9.47. The van der Waals surface area contributed by atoms with Crippen molar-refractivity contribution < 1.29 is 19.4 Å². The van der Waals surface area contributed by atoms with E-state index in [1.807, 2.05) is 0 Å². The van der Waals surface area contributed by atoms with Crippen LogP contribution in [0, 0.1) is 40.4 Å². The molecule has 1 aliphatic heterocycles. The van der Waals surface area contributed by atoms with Crippen LogP contribution in [0.5, 0.6) is 0 Å². The minimum absolute atomic E-state index is 0.0536. The lowest BCUT2D eigenvalue weighted by Crippen LogP contribution is -2.64. The van der Waals surface area contributed by atoms with Gasteiger partial charge in [-0.15, -0.1) is 0 Å². The van der Waals surface area contributed by atoms with Crippen LogP contribution in [0.4, 0.5) is 0 Å². The predicted molar refractivity (Wildman–Crippen MR) is 123 cm³/mol.